The van der Waals surface area contributed by atoms with E-state index in [-0.39, 0.29) is 0 Å². The Morgan fingerprint density at radius 2 is 2.18 bits per heavy atom. The molecule has 0 saturated carbocycles. The van der Waals surface area contributed by atoms with Crippen molar-refractivity contribution in [3.8, 4) is 0 Å². The van der Waals surface area contributed by atoms with E-state index in [0.717, 1.165) is 31.2 Å². The molecule has 1 N–H and O–H groups in total. The number of nitrogens with one attached hydrogen (secondary N) is 1. The molecule has 1 saturated heterocycles. The van der Waals surface area contributed by atoms with Gasteiger partial charge in [0.15, 0.2) is 5.17 Å². The average Bonchev–Trinajstić information content (AvgIpc) is 2.21. The van der Waals surface area contributed by atoms with Gasteiger partial charge < -0.3 is 10.1 Å². The predicted molar refractivity (Wildman–Crippen MR) is 76.9 cm³/mol. The standard InChI is InChI=1S/C13H26N2OS/c1-10(2)16-8-6-5-7-14-13-15-11(3)9-12(4)17-13/h10-12H,5-9H2,1-4H3,(H,14,15). The highest BCUT2D eigenvalue weighted by Gasteiger charge is 2.19. The topological polar surface area (TPSA) is 33.6 Å². The number of nitrogens with zero attached hydrogens (tertiary/aromatic N) is 1. The SMILES string of the molecule is CC1CC(C)SC(=NCCCCOC(C)C)N1. The van der Waals surface area contributed by atoms with Crippen LogP contribution in [0.5, 0.6) is 0 Å². The van der Waals surface area contributed by atoms with Gasteiger partial charge in [0, 0.05) is 24.4 Å². The quantitative estimate of drug-likeness (QED) is 0.743. The van der Waals surface area contributed by atoms with Gasteiger partial charge in [-0.2, -0.15) is 0 Å². The maximum atomic E-state index is 5.50. The summed E-state index contributed by atoms with van der Waals surface area (Å²) in [5.41, 5.74) is 0. The maximum absolute atomic E-state index is 5.50. The highest BCUT2D eigenvalue weighted by molar-refractivity contribution is 8.14. The van der Waals surface area contributed by atoms with Crippen LogP contribution < -0.4 is 5.32 Å². The van der Waals surface area contributed by atoms with Gasteiger partial charge in [0.25, 0.3) is 0 Å². The molecule has 0 aromatic rings. The van der Waals surface area contributed by atoms with Gasteiger partial charge in [-0.3, -0.25) is 4.99 Å². The molecule has 0 bridgehead atoms. The van der Waals surface area contributed by atoms with Crippen molar-refractivity contribution in [2.24, 2.45) is 4.99 Å². The molecule has 0 aliphatic carbocycles. The number of amidine groups is 1. The number of aliphatic imine (C=N–C) groups is 1. The Bertz CT molecular complexity index is 232. The molecule has 2 atom stereocenters. The summed E-state index contributed by atoms with van der Waals surface area (Å²) in [7, 11) is 0. The summed E-state index contributed by atoms with van der Waals surface area (Å²) >= 11 is 1.87. The van der Waals surface area contributed by atoms with E-state index < -0.39 is 0 Å². The molecule has 0 aromatic carbocycles. The summed E-state index contributed by atoms with van der Waals surface area (Å²) in [6.45, 7) is 10.4. The second-order valence-electron chi connectivity index (χ2n) is 5.02. The van der Waals surface area contributed by atoms with Crippen LogP contribution in [-0.4, -0.2) is 35.7 Å². The Kier molecular flexibility index (Phi) is 6.97. The second-order valence-corrected chi connectivity index (χ2v) is 6.45. The molecule has 17 heavy (non-hydrogen) atoms. The molecule has 4 heteroatoms. The van der Waals surface area contributed by atoms with Crippen LogP contribution in [0.4, 0.5) is 0 Å². The zero-order valence-corrected chi connectivity index (χ0v) is 12.3. The number of hydrogen-bond acceptors (Lipinski definition) is 3. The lowest BCUT2D eigenvalue weighted by atomic mass is 10.2. The van der Waals surface area contributed by atoms with E-state index in [4.69, 9.17) is 4.74 Å². The zero-order valence-electron chi connectivity index (χ0n) is 11.5. The lowest BCUT2D eigenvalue weighted by Crippen LogP contribution is -2.38. The molecule has 1 aliphatic rings. The molecule has 1 fully saturated rings. The van der Waals surface area contributed by atoms with E-state index in [1.165, 1.54) is 6.42 Å². The minimum absolute atomic E-state index is 0.346. The fourth-order valence-corrected chi connectivity index (χ4v) is 3.04. The van der Waals surface area contributed by atoms with Crippen LogP contribution in [0.25, 0.3) is 0 Å². The van der Waals surface area contributed by atoms with Crippen LogP contribution in [-0.2, 0) is 4.74 Å². The first-order valence-electron chi connectivity index (χ1n) is 6.67. The number of thioether (sulfide) groups is 1. The van der Waals surface area contributed by atoms with E-state index in [1.807, 2.05) is 11.8 Å². The van der Waals surface area contributed by atoms with Crippen molar-refractivity contribution in [2.75, 3.05) is 13.2 Å². The third kappa shape index (κ3) is 6.94. The summed E-state index contributed by atoms with van der Waals surface area (Å²) < 4.78 is 5.50. The first-order valence-corrected chi connectivity index (χ1v) is 7.55. The lowest BCUT2D eigenvalue weighted by molar-refractivity contribution is 0.0764. The van der Waals surface area contributed by atoms with Gasteiger partial charge in [0.05, 0.1) is 6.10 Å². The van der Waals surface area contributed by atoms with Crippen LogP contribution >= 0.6 is 11.8 Å². The fourth-order valence-electron chi connectivity index (χ4n) is 1.84. The third-order valence-electron chi connectivity index (χ3n) is 2.63. The summed E-state index contributed by atoms with van der Waals surface area (Å²) in [4.78, 5) is 4.61. The van der Waals surface area contributed by atoms with Crippen LogP contribution in [0.15, 0.2) is 4.99 Å². The van der Waals surface area contributed by atoms with E-state index in [2.05, 4.69) is 38.0 Å². The summed E-state index contributed by atoms with van der Waals surface area (Å²) in [6, 6.07) is 0.564. The molecule has 1 rings (SSSR count). The van der Waals surface area contributed by atoms with Gasteiger partial charge in [-0.1, -0.05) is 18.7 Å². The molecular weight excluding hydrogens is 232 g/mol. The average molecular weight is 258 g/mol. The van der Waals surface area contributed by atoms with E-state index in [9.17, 15) is 0 Å². The predicted octanol–water partition coefficient (Wildman–Crippen LogP) is 3.05. The van der Waals surface area contributed by atoms with Crippen molar-refractivity contribution in [1.29, 1.82) is 0 Å². The van der Waals surface area contributed by atoms with Crippen LogP contribution in [0.2, 0.25) is 0 Å². The number of unbranched alkanes of at least 4 members (excludes halogenated alkanes) is 1. The number of rotatable bonds is 6. The monoisotopic (exact) mass is 258 g/mol. The molecule has 1 heterocycles. The van der Waals surface area contributed by atoms with Crippen molar-refractivity contribution >= 4 is 16.9 Å². The largest absolute Gasteiger partial charge is 0.379 e. The van der Waals surface area contributed by atoms with Gasteiger partial charge >= 0.3 is 0 Å². The molecule has 3 nitrogen and oxygen atoms in total. The minimum atomic E-state index is 0.346. The Balaban J connectivity index is 2.11. The van der Waals surface area contributed by atoms with Gasteiger partial charge in [0.1, 0.15) is 0 Å². The highest BCUT2D eigenvalue weighted by Crippen LogP contribution is 2.22. The van der Waals surface area contributed by atoms with E-state index in [1.54, 1.807) is 0 Å². The number of ether oxygens (including phenoxy) is 1. The Hall–Kier alpha value is -0.220. The smallest absolute Gasteiger partial charge is 0.157 e. The van der Waals surface area contributed by atoms with Crippen molar-refractivity contribution in [1.82, 2.24) is 5.32 Å². The Morgan fingerprint density at radius 3 is 2.82 bits per heavy atom. The van der Waals surface area contributed by atoms with Crippen LogP contribution in [0.3, 0.4) is 0 Å². The molecule has 0 radical (unpaired) electrons. The molecule has 2 unspecified atom stereocenters. The summed E-state index contributed by atoms with van der Waals surface area (Å²) in [5.74, 6) is 0. The maximum Gasteiger partial charge on any atom is 0.157 e. The first-order chi connectivity index (χ1) is 8.08. The Labute approximate surface area is 110 Å². The molecular formula is C13H26N2OS. The third-order valence-corrected chi connectivity index (χ3v) is 3.69. The second kappa shape index (κ2) is 7.98. The van der Waals surface area contributed by atoms with E-state index >= 15 is 0 Å². The van der Waals surface area contributed by atoms with Gasteiger partial charge in [-0.05, 0) is 40.0 Å². The van der Waals surface area contributed by atoms with Crippen molar-refractivity contribution in [3.05, 3.63) is 0 Å². The Morgan fingerprint density at radius 1 is 1.41 bits per heavy atom. The van der Waals surface area contributed by atoms with Gasteiger partial charge in [-0.25, -0.2) is 0 Å². The van der Waals surface area contributed by atoms with Crippen LogP contribution in [0.1, 0.15) is 47.0 Å². The normalized spacial score (nSPS) is 27.5. The molecule has 1 aliphatic heterocycles. The molecule has 0 spiro atoms. The zero-order chi connectivity index (χ0) is 12.7. The van der Waals surface area contributed by atoms with Crippen molar-refractivity contribution < 1.29 is 4.74 Å². The minimum Gasteiger partial charge on any atom is -0.379 e. The van der Waals surface area contributed by atoms with Crippen molar-refractivity contribution in [2.45, 2.75) is 64.4 Å². The van der Waals surface area contributed by atoms with Crippen molar-refractivity contribution in [3.63, 3.8) is 0 Å². The summed E-state index contributed by atoms with van der Waals surface area (Å²) in [5, 5.41) is 5.25. The highest BCUT2D eigenvalue weighted by atomic mass is 32.2. The number of hydrogen-bond donors (Lipinski definition) is 1. The fraction of sp³-hybridized carbons (Fsp3) is 0.923. The van der Waals surface area contributed by atoms with E-state index in [0.29, 0.717) is 17.4 Å². The molecule has 0 aromatic heterocycles. The first kappa shape index (κ1) is 14.8. The van der Waals surface area contributed by atoms with Crippen LogP contribution in [0, 0.1) is 0 Å². The molecule has 0 amide bonds. The summed E-state index contributed by atoms with van der Waals surface area (Å²) in [6.07, 6.45) is 3.79. The van der Waals surface area contributed by atoms with Gasteiger partial charge in [-0.15, -0.1) is 0 Å². The lowest BCUT2D eigenvalue weighted by Gasteiger charge is -2.26. The molecule has 100 valence electrons. The van der Waals surface area contributed by atoms with Gasteiger partial charge in [0.2, 0.25) is 0 Å².